The molecule has 32 heavy (non-hydrogen) atoms. The molecule has 0 unspecified atom stereocenters. The summed E-state index contributed by atoms with van der Waals surface area (Å²) < 4.78 is 6.08. The van der Waals surface area contributed by atoms with Crippen molar-refractivity contribution in [3.05, 3.63) is 60.7 Å². The monoisotopic (exact) mass is 435 g/mol. The molecule has 7 nitrogen and oxygen atoms in total. The largest absolute Gasteiger partial charge is 0.490 e. The van der Waals surface area contributed by atoms with E-state index in [0.717, 1.165) is 63.8 Å². The van der Waals surface area contributed by atoms with Gasteiger partial charge in [0.25, 0.3) is 0 Å². The summed E-state index contributed by atoms with van der Waals surface area (Å²) in [5.41, 5.74) is 1.22. The van der Waals surface area contributed by atoms with Crippen LogP contribution in [0.25, 0.3) is 0 Å². The molecule has 4 rings (SSSR count). The van der Waals surface area contributed by atoms with Crippen molar-refractivity contribution in [2.24, 2.45) is 4.99 Å². The minimum absolute atomic E-state index is 0.126. The number of benzene rings is 2. The number of piperazine rings is 1. The maximum Gasteiger partial charge on any atom is 0.242 e. The molecular weight excluding hydrogens is 402 g/mol. The van der Waals surface area contributed by atoms with Crippen LogP contribution >= 0.6 is 0 Å². The number of aliphatic imine (C=N–C) groups is 1. The smallest absolute Gasteiger partial charge is 0.242 e. The number of nitrogens with zero attached hydrogens (tertiary/aromatic N) is 4. The third-order valence-electron chi connectivity index (χ3n) is 6.15. The second kappa shape index (κ2) is 10.9. The van der Waals surface area contributed by atoms with Crippen molar-refractivity contribution in [2.75, 3.05) is 57.8 Å². The van der Waals surface area contributed by atoms with Crippen LogP contribution in [0.1, 0.15) is 12.8 Å². The molecule has 0 atom stereocenters. The Balaban J connectivity index is 1.19. The quantitative estimate of drug-likeness (QED) is 0.578. The topological polar surface area (TPSA) is 60.4 Å². The van der Waals surface area contributed by atoms with Crippen LogP contribution in [0, 0.1) is 0 Å². The number of carbonyl (C=O) groups excluding carboxylic acids is 1. The number of amides is 1. The summed E-state index contributed by atoms with van der Waals surface area (Å²) in [7, 11) is 1.78. The number of piperidine rings is 1. The van der Waals surface area contributed by atoms with E-state index in [0.29, 0.717) is 0 Å². The predicted molar refractivity (Wildman–Crippen MR) is 128 cm³/mol. The molecule has 0 radical (unpaired) electrons. The molecule has 7 heteroatoms. The molecule has 0 aromatic heterocycles. The van der Waals surface area contributed by atoms with Crippen LogP contribution in [-0.4, -0.2) is 80.6 Å². The van der Waals surface area contributed by atoms with Gasteiger partial charge < -0.3 is 24.8 Å². The van der Waals surface area contributed by atoms with Gasteiger partial charge in [-0.3, -0.25) is 9.79 Å². The van der Waals surface area contributed by atoms with Gasteiger partial charge in [-0.25, -0.2) is 0 Å². The minimum Gasteiger partial charge on any atom is -0.490 e. The van der Waals surface area contributed by atoms with E-state index in [4.69, 9.17) is 4.74 Å². The number of guanidine groups is 1. The molecular formula is C25H33N5O2. The molecule has 2 saturated heterocycles. The predicted octanol–water partition coefficient (Wildman–Crippen LogP) is 2.45. The maximum atomic E-state index is 12.8. The second-order valence-electron chi connectivity index (χ2n) is 8.22. The molecule has 2 heterocycles. The molecule has 2 fully saturated rings. The van der Waals surface area contributed by atoms with Gasteiger partial charge in [-0.15, -0.1) is 0 Å². The van der Waals surface area contributed by atoms with Gasteiger partial charge in [0, 0.05) is 64.8 Å². The van der Waals surface area contributed by atoms with Crippen molar-refractivity contribution in [1.82, 2.24) is 15.1 Å². The van der Waals surface area contributed by atoms with Gasteiger partial charge in [0.15, 0.2) is 5.96 Å². The molecule has 0 aliphatic carbocycles. The van der Waals surface area contributed by atoms with Crippen molar-refractivity contribution >= 4 is 17.6 Å². The zero-order chi connectivity index (χ0) is 22.2. The number of ether oxygens (including phenoxy) is 1. The normalized spacial score (nSPS) is 17.9. The van der Waals surface area contributed by atoms with Crippen LogP contribution in [0.4, 0.5) is 5.69 Å². The number of likely N-dealkylation sites (tertiary alicyclic amines) is 1. The third kappa shape index (κ3) is 5.72. The minimum atomic E-state index is 0.126. The molecule has 2 aromatic carbocycles. The van der Waals surface area contributed by atoms with Crippen molar-refractivity contribution in [2.45, 2.75) is 18.9 Å². The van der Waals surface area contributed by atoms with Crippen molar-refractivity contribution in [3.8, 4) is 5.75 Å². The SMILES string of the molecule is CN=C(NCC(=O)N1CCN(c2ccccc2)CC1)N1CCC(Oc2ccccc2)CC1. The Morgan fingerprint density at radius 1 is 0.906 bits per heavy atom. The van der Waals surface area contributed by atoms with Crippen LogP contribution < -0.4 is 15.0 Å². The van der Waals surface area contributed by atoms with Crippen LogP contribution in [0.15, 0.2) is 65.7 Å². The summed E-state index contributed by atoms with van der Waals surface area (Å²) in [6.45, 7) is 5.21. The van der Waals surface area contributed by atoms with E-state index >= 15 is 0 Å². The lowest BCUT2D eigenvalue weighted by molar-refractivity contribution is -0.130. The maximum absolute atomic E-state index is 12.8. The van der Waals surface area contributed by atoms with Crippen molar-refractivity contribution in [3.63, 3.8) is 0 Å². The summed E-state index contributed by atoms with van der Waals surface area (Å²) in [5, 5.41) is 3.27. The summed E-state index contributed by atoms with van der Waals surface area (Å²) >= 11 is 0. The van der Waals surface area contributed by atoms with Gasteiger partial charge in [-0.2, -0.15) is 0 Å². The second-order valence-corrected chi connectivity index (χ2v) is 8.22. The summed E-state index contributed by atoms with van der Waals surface area (Å²) in [5.74, 6) is 1.84. The number of rotatable bonds is 5. The number of hydrogen-bond acceptors (Lipinski definition) is 4. The Labute approximate surface area is 190 Å². The highest BCUT2D eigenvalue weighted by Crippen LogP contribution is 2.19. The van der Waals surface area contributed by atoms with Gasteiger partial charge in [0.05, 0.1) is 6.54 Å². The average Bonchev–Trinajstić information content (AvgIpc) is 2.86. The lowest BCUT2D eigenvalue weighted by Gasteiger charge is -2.37. The molecule has 2 aliphatic heterocycles. The van der Waals surface area contributed by atoms with Gasteiger partial charge in [0.2, 0.25) is 5.91 Å². The lowest BCUT2D eigenvalue weighted by Crippen LogP contribution is -2.53. The highest BCUT2D eigenvalue weighted by Gasteiger charge is 2.25. The first kappa shape index (κ1) is 22.0. The van der Waals surface area contributed by atoms with E-state index in [1.807, 2.05) is 41.3 Å². The van der Waals surface area contributed by atoms with Crippen LogP contribution in [0.3, 0.4) is 0 Å². The van der Waals surface area contributed by atoms with E-state index in [1.54, 1.807) is 7.05 Å². The fourth-order valence-electron chi connectivity index (χ4n) is 4.33. The van der Waals surface area contributed by atoms with Crippen molar-refractivity contribution in [1.29, 1.82) is 0 Å². The molecule has 0 saturated carbocycles. The first-order valence-corrected chi connectivity index (χ1v) is 11.5. The molecule has 0 spiro atoms. The first-order valence-electron chi connectivity index (χ1n) is 11.5. The summed E-state index contributed by atoms with van der Waals surface area (Å²) in [6.07, 6.45) is 2.09. The Bertz CT molecular complexity index is 874. The molecule has 0 bridgehead atoms. The number of anilines is 1. The number of nitrogens with one attached hydrogen (secondary N) is 1. The van der Waals surface area contributed by atoms with E-state index < -0.39 is 0 Å². The Kier molecular flexibility index (Phi) is 7.48. The third-order valence-corrected chi connectivity index (χ3v) is 6.15. The van der Waals surface area contributed by atoms with Crippen LogP contribution in [-0.2, 0) is 4.79 Å². The summed E-state index contributed by atoms with van der Waals surface area (Å²) in [6, 6.07) is 20.4. The zero-order valence-electron chi connectivity index (χ0n) is 18.8. The zero-order valence-corrected chi connectivity index (χ0v) is 18.8. The standard InChI is InChI=1S/C25H33N5O2/c1-26-25(30-14-12-23(13-15-30)32-22-10-6-3-7-11-22)27-20-24(31)29-18-16-28(17-19-29)21-8-4-2-5-9-21/h2-11,23H,12-20H2,1H3,(H,26,27). The van der Waals surface area contributed by atoms with E-state index in [1.165, 1.54) is 5.69 Å². The molecule has 2 aromatic rings. The fraction of sp³-hybridized carbons (Fsp3) is 0.440. The van der Waals surface area contributed by atoms with Crippen LogP contribution in [0.5, 0.6) is 5.75 Å². The van der Waals surface area contributed by atoms with Crippen molar-refractivity contribution < 1.29 is 9.53 Å². The van der Waals surface area contributed by atoms with E-state index in [2.05, 4.69) is 44.4 Å². The Morgan fingerprint density at radius 2 is 1.53 bits per heavy atom. The fourth-order valence-corrected chi connectivity index (χ4v) is 4.33. The van der Waals surface area contributed by atoms with Gasteiger partial charge in [-0.05, 0) is 24.3 Å². The lowest BCUT2D eigenvalue weighted by atomic mass is 10.1. The van der Waals surface area contributed by atoms with Gasteiger partial charge in [0.1, 0.15) is 11.9 Å². The molecule has 170 valence electrons. The molecule has 1 N–H and O–H groups in total. The number of carbonyl (C=O) groups is 1. The summed E-state index contributed by atoms with van der Waals surface area (Å²) in [4.78, 5) is 23.6. The Morgan fingerprint density at radius 3 is 2.16 bits per heavy atom. The van der Waals surface area contributed by atoms with Gasteiger partial charge >= 0.3 is 0 Å². The number of hydrogen-bond donors (Lipinski definition) is 1. The highest BCUT2D eigenvalue weighted by atomic mass is 16.5. The average molecular weight is 436 g/mol. The first-order chi connectivity index (χ1) is 15.7. The van der Waals surface area contributed by atoms with Crippen LogP contribution in [0.2, 0.25) is 0 Å². The van der Waals surface area contributed by atoms with Gasteiger partial charge in [-0.1, -0.05) is 36.4 Å². The van der Waals surface area contributed by atoms with E-state index in [9.17, 15) is 4.79 Å². The molecule has 2 aliphatic rings. The Hall–Kier alpha value is -3.22. The molecule has 1 amide bonds. The number of para-hydroxylation sites is 2. The highest BCUT2D eigenvalue weighted by molar-refractivity contribution is 5.86. The van der Waals surface area contributed by atoms with E-state index in [-0.39, 0.29) is 18.6 Å².